The summed E-state index contributed by atoms with van der Waals surface area (Å²) in [5, 5.41) is 3.28. The van der Waals surface area contributed by atoms with Crippen molar-refractivity contribution in [2.24, 2.45) is 0 Å². The van der Waals surface area contributed by atoms with Gasteiger partial charge in [0.25, 0.3) is 0 Å². The number of aromatic nitrogens is 1. The highest BCUT2D eigenvalue weighted by Gasteiger charge is 2.20. The van der Waals surface area contributed by atoms with Gasteiger partial charge in [0.15, 0.2) is 0 Å². The molecule has 0 spiro atoms. The Kier molecular flexibility index (Phi) is 4.74. The van der Waals surface area contributed by atoms with Crippen molar-refractivity contribution in [1.82, 2.24) is 14.8 Å². The van der Waals surface area contributed by atoms with E-state index in [4.69, 9.17) is 0 Å². The third kappa shape index (κ3) is 3.92. The Labute approximate surface area is 114 Å². The summed E-state index contributed by atoms with van der Waals surface area (Å²) >= 11 is 0. The molecule has 0 atom stereocenters. The quantitative estimate of drug-likeness (QED) is 0.865. The highest BCUT2D eigenvalue weighted by Crippen LogP contribution is 2.11. The minimum absolute atomic E-state index is 0.199. The first-order chi connectivity index (χ1) is 9.19. The lowest BCUT2D eigenvalue weighted by Gasteiger charge is -2.31. The van der Waals surface area contributed by atoms with Crippen LogP contribution < -0.4 is 5.32 Å². The Hall–Kier alpha value is -1.62. The van der Waals surface area contributed by atoms with Crippen LogP contribution in [-0.4, -0.2) is 53.9 Å². The maximum absolute atomic E-state index is 11.7. The van der Waals surface area contributed by atoms with Crippen molar-refractivity contribution in [3.8, 4) is 0 Å². The smallest absolute Gasteiger partial charge is 0.236 e. The standard InChI is InChI=1S/C14H22N4O/c1-3-5-15-13-9-12(4-6-16-13)10-18-8-7-17(2)14(19)11-18/h4,6,9H,3,5,7-8,10-11H2,1-2H3,(H,15,16). The van der Waals surface area contributed by atoms with Crippen molar-refractivity contribution in [3.63, 3.8) is 0 Å². The molecule has 0 unspecified atom stereocenters. The van der Waals surface area contributed by atoms with E-state index in [1.54, 1.807) is 4.90 Å². The average molecular weight is 262 g/mol. The molecule has 1 aromatic rings. The van der Waals surface area contributed by atoms with Crippen molar-refractivity contribution in [1.29, 1.82) is 0 Å². The zero-order valence-corrected chi connectivity index (χ0v) is 11.7. The fourth-order valence-electron chi connectivity index (χ4n) is 2.12. The van der Waals surface area contributed by atoms with E-state index in [9.17, 15) is 4.79 Å². The molecule has 1 aromatic heterocycles. The van der Waals surface area contributed by atoms with Gasteiger partial charge in [0.1, 0.15) is 5.82 Å². The molecule has 5 nitrogen and oxygen atoms in total. The number of likely N-dealkylation sites (N-methyl/N-ethyl adjacent to an activating group) is 1. The number of carbonyl (C=O) groups is 1. The molecule has 2 heterocycles. The predicted octanol–water partition coefficient (Wildman–Crippen LogP) is 1.18. The first-order valence-corrected chi connectivity index (χ1v) is 6.84. The van der Waals surface area contributed by atoms with E-state index in [0.29, 0.717) is 6.54 Å². The fraction of sp³-hybridized carbons (Fsp3) is 0.571. The van der Waals surface area contributed by atoms with Crippen molar-refractivity contribution in [3.05, 3.63) is 23.9 Å². The number of pyridine rings is 1. The molecular formula is C14H22N4O. The van der Waals surface area contributed by atoms with Gasteiger partial charge in [-0.25, -0.2) is 4.98 Å². The average Bonchev–Trinajstić information content (AvgIpc) is 2.41. The lowest BCUT2D eigenvalue weighted by Crippen LogP contribution is -2.47. The lowest BCUT2D eigenvalue weighted by atomic mass is 10.2. The summed E-state index contributed by atoms with van der Waals surface area (Å²) in [7, 11) is 1.86. The summed E-state index contributed by atoms with van der Waals surface area (Å²) < 4.78 is 0. The maximum Gasteiger partial charge on any atom is 0.236 e. The highest BCUT2D eigenvalue weighted by atomic mass is 16.2. The molecule has 1 aliphatic rings. The SMILES string of the molecule is CCCNc1cc(CN2CCN(C)C(=O)C2)ccn1. The molecule has 5 heteroatoms. The first kappa shape index (κ1) is 13.8. The van der Waals surface area contributed by atoms with Gasteiger partial charge in [-0.05, 0) is 24.1 Å². The summed E-state index contributed by atoms with van der Waals surface area (Å²) in [5.41, 5.74) is 1.20. The van der Waals surface area contributed by atoms with E-state index < -0.39 is 0 Å². The van der Waals surface area contributed by atoms with Gasteiger partial charge in [0, 0.05) is 39.4 Å². The molecule has 19 heavy (non-hydrogen) atoms. The molecule has 0 aromatic carbocycles. The molecule has 0 saturated carbocycles. The van der Waals surface area contributed by atoms with Gasteiger partial charge < -0.3 is 10.2 Å². The molecule has 1 fully saturated rings. The number of amides is 1. The van der Waals surface area contributed by atoms with Gasteiger partial charge in [-0.1, -0.05) is 6.92 Å². The first-order valence-electron chi connectivity index (χ1n) is 6.84. The van der Waals surface area contributed by atoms with Crippen LogP contribution in [0.1, 0.15) is 18.9 Å². The molecular weight excluding hydrogens is 240 g/mol. The zero-order chi connectivity index (χ0) is 13.7. The number of piperazine rings is 1. The van der Waals surface area contributed by atoms with Gasteiger partial charge in [-0.15, -0.1) is 0 Å². The topological polar surface area (TPSA) is 48.5 Å². The number of hydrogen-bond donors (Lipinski definition) is 1. The number of carbonyl (C=O) groups excluding carboxylic acids is 1. The molecule has 0 aliphatic carbocycles. The van der Waals surface area contributed by atoms with Gasteiger partial charge in [0.05, 0.1) is 6.54 Å². The van der Waals surface area contributed by atoms with Crippen LogP contribution in [0, 0.1) is 0 Å². The van der Waals surface area contributed by atoms with Crippen LogP contribution in [-0.2, 0) is 11.3 Å². The second kappa shape index (κ2) is 6.52. The molecule has 2 rings (SSSR count). The van der Waals surface area contributed by atoms with E-state index in [1.807, 2.05) is 19.3 Å². The van der Waals surface area contributed by atoms with Crippen LogP contribution >= 0.6 is 0 Å². The molecule has 1 amide bonds. The van der Waals surface area contributed by atoms with Crippen LogP contribution in [0.5, 0.6) is 0 Å². The Bertz CT molecular complexity index is 435. The third-order valence-corrected chi connectivity index (χ3v) is 3.32. The normalized spacial score (nSPS) is 16.7. The summed E-state index contributed by atoms with van der Waals surface area (Å²) in [5.74, 6) is 1.12. The van der Waals surface area contributed by atoms with Crippen LogP contribution in [0.3, 0.4) is 0 Å². The van der Waals surface area contributed by atoms with E-state index >= 15 is 0 Å². The summed E-state index contributed by atoms with van der Waals surface area (Å²) in [6.07, 6.45) is 2.91. The molecule has 0 radical (unpaired) electrons. The number of anilines is 1. The van der Waals surface area contributed by atoms with E-state index in [2.05, 4.69) is 28.2 Å². The lowest BCUT2D eigenvalue weighted by molar-refractivity contribution is -0.134. The monoisotopic (exact) mass is 262 g/mol. The maximum atomic E-state index is 11.7. The highest BCUT2D eigenvalue weighted by molar-refractivity contribution is 5.78. The van der Waals surface area contributed by atoms with Crippen molar-refractivity contribution in [2.75, 3.05) is 38.5 Å². The number of nitrogens with one attached hydrogen (secondary N) is 1. The van der Waals surface area contributed by atoms with E-state index in [-0.39, 0.29) is 5.91 Å². The Morgan fingerprint density at radius 1 is 1.42 bits per heavy atom. The fourth-order valence-corrected chi connectivity index (χ4v) is 2.12. The summed E-state index contributed by atoms with van der Waals surface area (Å²) in [6, 6.07) is 4.08. The van der Waals surface area contributed by atoms with Gasteiger partial charge >= 0.3 is 0 Å². The van der Waals surface area contributed by atoms with Crippen molar-refractivity contribution >= 4 is 11.7 Å². The van der Waals surface area contributed by atoms with Gasteiger partial charge in [0.2, 0.25) is 5.91 Å². The molecule has 1 N–H and O–H groups in total. The second-order valence-electron chi connectivity index (χ2n) is 5.00. The zero-order valence-electron chi connectivity index (χ0n) is 11.7. The summed E-state index contributed by atoms with van der Waals surface area (Å²) in [4.78, 5) is 19.9. The van der Waals surface area contributed by atoms with Crippen LogP contribution in [0.2, 0.25) is 0 Å². The Balaban J connectivity index is 1.93. The van der Waals surface area contributed by atoms with Crippen LogP contribution in [0.15, 0.2) is 18.3 Å². The number of rotatable bonds is 5. The number of hydrogen-bond acceptors (Lipinski definition) is 4. The minimum Gasteiger partial charge on any atom is -0.370 e. The van der Waals surface area contributed by atoms with Gasteiger partial charge in [-0.3, -0.25) is 9.69 Å². The number of nitrogens with zero attached hydrogens (tertiary/aromatic N) is 3. The Morgan fingerprint density at radius 2 is 2.26 bits per heavy atom. The predicted molar refractivity (Wildman–Crippen MR) is 75.9 cm³/mol. The van der Waals surface area contributed by atoms with E-state index in [1.165, 1.54) is 5.56 Å². The summed E-state index contributed by atoms with van der Waals surface area (Å²) in [6.45, 7) is 6.13. The second-order valence-corrected chi connectivity index (χ2v) is 5.00. The van der Waals surface area contributed by atoms with Gasteiger partial charge in [-0.2, -0.15) is 0 Å². The molecule has 1 saturated heterocycles. The van der Waals surface area contributed by atoms with E-state index in [0.717, 1.165) is 38.4 Å². The largest absolute Gasteiger partial charge is 0.370 e. The van der Waals surface area contributed by atoms with Crippen LogP contribution in [0.4, 0.5) is 5.82 Å². The molecule has 1 aliphatic heterocycles. The molecule has 0 bridgehead atoms. The Morgan fingerprint density at radius 3 is 3.00 bits per heavy atom. The van der Waals surface area contributed by atoms with Crippen molar-refractivity contribution < 1.29 is 4.79 Å². The van der Waals surface area contributed by atoms with Crippen molar-refractivity contribution in [2.45, 2.75) is 19.9 Å². The molecule has 104 valence electrons. The van der Waals surface area contributed by atoms with Crippen LogP contribution in [0.25, 0.3) is 0 Å². The minimum atomic E-state index is 0.199. The third-order valence-electron chi connectivity index (χ3n) is 3.32.